The van der Waals surface area contributed by atoms with E-state index >= 15 is 0 Å². The molecular formula is C12H16ClN3O4. The standard InChI is InChI=1S/C12H15N3O4.ClH/c1-8-2-3-9(6-10(8)15(17)18)14-12(16)11-7-13-4-5-19-11;/h2-3,6,11,13H,4-5,7H2,1H3,(H,14,16);1H. The third-order valence-corrected chi connectivity index (χ3v) is 2.89. The molecule has 1 unspecified atom stereocenters. The number of anilines is 1. The first-order valence-electron chi connectivity index (χ1n) is 5.96. The highest BCUT2D eigenvalue weighted by molar-refractivity contribution is 5.94. The molecule has 0 aromatic heterocycles. The highest BCUT2D eigenvalue weighted by atomic mass is 35.5. The van der Waals surface area contributed by atoms with Crippen molar-refractivity contribution in [2.75, 3.05) is 25.0 Å². The van der Waals surface area contributed by atoms with Gasteiger partial charge in [0, 0.05) is 30.4 Å². The van der Waals surface area contributed by atoms with Crippen molar-refractivity contribution in [3.05, 3.63) is 33.9 Å². The van der Waals surface area contributed by atoms with Gasteiger partial charge in [-0.15, -0.1) is 12.4 Å². The van der Waals surface area contributed by atoms with Crippen LogP contribution >= 0.6 is 12.4 Å². The summed E-state index contributed by atoms with van der Waals surface area (Å²) in [5, 5.41) is 16.5. The molecule has 0 bridgehead atoms. The molecule has 1 atom stereocenters. The number of halogens is 1. The molecule has 0 spiro atoms. The van der Waals surface area contributed by atoms with Crippen molar-refractivity contribution in [2.45, 2.75) is 13.0 Å². The van der Waals surface area contributed by atoms with Gasteiger partial charge in [0.1, 0.15) is 6.10 Å². The molecular weight excluding hydrogens is 286 g/mol. The summed E-state index contributed by atoms with van der Waals surface area (Å²) in [7, 11) is 0. The van der Waals surface area contributed by atoms with Crippen LogP contribution in [0.15, 0.2) is 18.2 Å². The lowest BCUT2D eigenvalue weighted by Crippen LogP contribution is -2.45. The first kappa shape index (κ1) is 16.4. The van der Waals surface area contributed by atoms with Crippen LogP contribution < -0.4 is 10.6 Å². The Kier molecular flexibility index (Phi) is 5.87. The van der Waals surface area contributed by atoms with E-state index in [1.54, 1.807) is 19.1 Å². The van der Waals surface area contributed by atoms with Gasteiger partial charge < -0.3 is 15.4 Å². The molecule has 1 aliphatic rings. The number of carbonyl (C=O) groups excluding carboxylic acids is 1. The van der Waals surface area contributed by atoms with Gasteiger partial charge in [-0.3, -0.25) is 14.9 Å². The normalized spacial score (nSPS) is 17.9. The topological polar surface area (TPSA) is 93.5 Å². The van der Waals surface area contributed by atoms with Crippen molar-refractivity contribution >= 4 is 29.7 Å². The first-order valence-corrected chi connectivity index (χ1v) is 5.96. The predicted octanol–water partition coefficient (Wildman–Crippen LogP) is 1.25. The van der Waals surface area contributed by atoms with E-state index in [0.29, 0.717) is 24.4 Å². The minimum absolute atomic E-state index is 0. The van der Waals surface area contributed by atoms with Crippen LogP contribution in [-0.4, -0.2) is 36.6 Å². The summed E-state index contributed by atoms with van der Waals surface area (Å²) in [6.07, 6.45) is -0.561. The minimum Gasteiger partial charge on any atom is -0.366 e. The molecule has 0 aliphatic carbocycles. The molecule has 0 radical (unpaired) electrons. The number of nitrogens with one attached hydrogen (secondary N) is 2. The van der Waals surface area contributed by atoms with Gasteiger partial charge in [0.2, 0.25) is 0 Å². The molecule has 1 fully saturated rings. The van der Waals surface area contributed by atoms with Crippen LogP contribution in [-0.2, 0) is 9.53 Å². The summed E-state index contributed by atoms with van der Waals surface area (Å²) in [4.78, 5) is 22.2. The van der Waals surface area contributed by atoms with E-state index in [1.807, 2.05) is 0 Å². The third-order valence-electron chi connectivity index (χ3n) is 2.89. The lowest BCUT2D eigenvalue weighted by Gasteiger charge is -2.22. The second-order valence-electron chi connectivity index (χ2n) is 4.31. The van der Waals surface area contributed by atoms with Crippen LogP contribution in [0.3, 0.4) is 0 Å². The Bertz CT molecular complexity index is 503. The second-order valence-corrected chi connectivity index (χ2v) is 4.31. The maximum atomic E-state index is 11.9. The van der Waals surface area contributed by atoms with E-state index in [-0.39, 0.29) is 24.0 Å². The first-order chi connectivity index (χ1) is 9.08. The number of carbonyl (C=O) groups is 1. The predicted molar refractivity (Wildman–Crippen MR) is 76.3 cm³/mol. The Morgan fingerprint density at radius 2 is 2.30 bits per heavy atom. The molecule has 2 rings (SSSR count). The van der Waals surface area contributed by atoms with Crippen LogP contribution in [0.2, 0.25) is 0 Å². The molecule has 20 heavy (non-hydrogen) atoms. The fourth-order valence-electron chi connectivity index (χ4n) is 1.84. The molecule has 2 N–H and O–H groups in total. The maximum Gasteiger partial charge on any atom is 0.274 e. The number of ether oxygens (including phenoxy) is 1. The number of rotatable bonds is 3. The average molecular weight is 302 g/mol. The van der Waals surface area contributed by atoms with E-state index in [4.69, 9.17) is 4.74 Å². The zero-order chi connectivity index (χ0) is 13.8. The zero-order valence-corrected chi connectivity index (χ0v) is 11.7. The smallest absolute Gasteiger partial charge is 0.274 e. The quantitative estimate of drug-likeness (QED) is 0.647. The van der Waals surface area contributed by atoms with Gasteiger partial charge in [0.15, 0.2) is 0 Å². The number of hydrogen-bond donors (Lipinski definition) is 2. The Labute approximate surface area is 122 Å². The fraction of sp³-hybridized carbons (Fsp3) is 0.417. The van der Waals surface area contributed by atoms with Crippen molar-refractivity contribution in [3.63, 3.8) is 0 Å². The molecule has 1 amide bonds. The zero-order valence-electron chi connectivity index (χ0n) is 10.9. The summed E-state index contributed by atoms with van der Waals surface area (Å²) in [5.74, 6) is -0.301. The van der Waals surface area contributed by atoms with Crippen LogP contribution in [0, 0.1) is 17.0 Å². The van der Waals surface area contributed by atoms with E-state index in [9.17, 15) is 14.9 Å². The van der Waals surface area contributed by atoms with Gasteiger partial charge in [-0.25, -0.2) is 0 Å². The van der Waals surface area contributed by atoms with Crippen LogP contribution in [0.4, 0.5) is 11.4 Å². The molecule has 1 aromatic carbocycles. The number of nitro benzene ring substituents is 1. The molecule has 8 heteroatoms. The number of hydrogen-bond acceptors (Lipinski definition) is 5. The van der Waals surface area contributed by atoms with Crippen molar-refractivity contribution < 1.29 is 14.5 Å². The van der Waals surface area contributed by atoms with Gasteiger partial charge in [-0.1, -0.05) is 6.07 Å². The molecule has 1 heterocycles. The van der Waals surface area contributed by atoms with Gasteiger partial charge in [0.05, 0.1) is 11.5 Å². The highest BCUT2D eigenvalue weighted by Gasteiger charge is 2.22. The molecule has 1 aliphatic heterocycles. The Hall–Kier alpha value is -1.70. The SMILES string of the molecule is Cc1ccc(NC(=O)C2CNCCO2)cc1[N+](=O)[O-].Cl. The van der Waals surface area contributed by atoms with Gasteiger partial charge >= 0.3 is 0 Å². The van der Waals surface area contributed by atoms with E-state index in [1.165, 1.54) is 6.07 Å². The minimum atomic E-state index is -0.561. The van der Waals surface area contributed by atoms with Gasteiger partial charge in [-0.2, -0.15) is 0 Å². The molecule has 1 aromatic rings. The second kappa shape index (κ2) is 7.18. The Morgan fingerprint density at radius 3 is 2.90 bits per heavy atom. The lowest BCUT2D eigenvalue weighted by atomic mass is 10.2. The average Bonchev–Trinajstić information content (AvgIpc) is 2.41. The van der Waals surface area contributed by atoms with E-state index in [0.717, 1.165) is 6.54 Å². The van der Waals surface area contributed by atoms with E-state index < -0.39 is 11.0 Å². The molecule has 1 saturated heterocycles. The number of amides is 1. The molecule has 110 valence electrons. The Morgan fingerprint density at radius 1 is 1.55 bits per heavy atom. The van der Waals surface area contributed by atoms with Crippen molar-refractivity contribution in [1.29, 1.82) is 0 Å². The monoisotopic (exact) mass is 301 g/mol. The highest BCUT2D eigenvalue weighted by Crippen LogP contribution is 2.22. The number of benzene rings is 1. The van der Waals surface area contributed by atoms with Crippen LogP contribution in [0.25, 0.3) is 0 Å². The maximum absolute atomic E-state index is 11.9. The number of aryl methyl sites for hydroxylation is 1. The van der Waals surface area contributed by atoms with Crippen molar-refractivity contribution in [1.82, 2.24) is 5.32 Å². The van der Waals surface area contributed by atoms with Crippen LogP contribution in [0.5, 0.6) is 0 Å². The number of nitro groups is 1. The van der Waals surface area contributed by atoms with Crippen molar-refractivity contribution in [3.8, 4) is 0 Å². The summed E-state index contributed by atoms with van der Waals surface area (Å²) in [5.41, 5.74) is 0.940. The fourth-order valence-corrected chi connectivity index (χ4v) is 1.84. The molecule has 7 nitrogen and oxygen atoms in total. The van der Waals surface area contributed by atoms with Gasteiger partial charge in [-0.05, 0) is 13.0 Å². The largest absolute Gasteiger partial charge is 0.366 e. The molecule has 0 saturated carbocycles. The third kappa shape index (κ3) is 3.89. The number of morpholine rings is 1. The number of nitrogens with zero attached hydrogens (tertiary/aromatic N) is 1. The summed E-state index contributed by atoms with van der Waals surface area (Å²) in [6.45, 7) is 3.30. The van der Waals surface area contributed by atoms with Crippen molar-refractivity contribution in [2.24, 2.45) is 0 Å². The summed E-state index contributed by atoms with van der Waals surface area (Å²) >= 11 is 0. The van der Waals surface area contributed by atoms with E-state index in [2.05, 4.69) is 10.6 Å². The summed E-state index contributed by atoms with van der Waals surface area (Å²) < 4.78 is 5.30. The summed E-state index contributed by atoms with van der Waals surface area (Å²) in [6, 6.07) is 4.59. The van der Waals surface area contributed by atoms with Crippen LogP contribution in [0.1, 0.15) is 5.56 Å². The lowest BCUT2D eigenvalue weighted by molar-refractivity contribution is -0.385. The Balaban J connectivity index is 0.00000200. The van der Waals surface area contributed by atoms with Gasteiger partial charge in [0.25, 0.3) is 11.6 Å².